The smallest absolute Gasteiger partial charge is 0.265 e. The van der Waals surface area contributed by atoms with Gasteiger partial charge in [0.25, 0.3) is 5.91 Å². The van der Waals surface area contributed by atoms with E-state index >= 15 is 0 Å². The number of nitrogens with one attached hydrogen (secondary N) is 1. The number of thiazole rings is 1. The average Bonchev–Trinajstić information content (AvgIpc) is 2.67. The number of nitrogen functional groups attached to an aromatic ring is 1. The molecule has 1 rings (SSSR count). The molecule has 0 bridgehead atoms. The summed E-state index contributed by atoms with van der Waals surface area (Å²) in [6.45, 7) is 3.61. The van der Waals surface area contributed by atoms with Gasteiger partial charge in [-0.25, -0.2) is 4.98 Å². The highest BCUT2D eigenvalue weighted by Gasteiger charge is 2.25. The Morgan fingerprint density at radius 2 is 1.95 bits per heavy atom. The lowest BCUT2D eigenvalue weighted by atomic mass is 10.0. The van der Waals surface area contributed by atoms with E-state index in [0.717, 1.165) is 0 Å². The van der Waals surface area contributed by atoms with Gasteiger partial charge in [0.05, 0.1) is 0 Å². The van der Waals surface area contributed by atoms with Crippen LogP contribution in [0.15, 0.2) is 0 Å². The second kappa shape index (κ2) is 5.87. The van der Waals surface area contributed by atoms with E-state index in [1.807, 2.05) is 0 Å². The van der Waals surface area contributed by atoms with Crippen LogP contribution in [0.4, 0.5) is 10.9 Å². The summed E-state index contributed by atoms with van der Waals surface area (Å²) in [6.07, 6.45) is 0. The molecule has 1 unspecified atom stereocenters. The van der Waals surface area contributed by atoms with Crippen LogP contribution in [-0.4, -0.2) is 36.9 Å². The van der Waals surface area contributed by atoms with Gasteiger partial charge in [-0.05, 0) is 5.92 Å². The highest BCUT2D eigenvalue weighted by atomic mass is 32.1. The molecule has 0 saturated carbocycles. The van der Waals surface area contributed by atoms with Crippen LogP contribution >= 0.6 is 11.3 Å². The first-order chi connectivity index (χ1) is 8.73. The highest BCUT2D eigenvalue weighted by Crippen LogP contribution is 2.26. The lowest BCUT2D eigenvalue weighted by Crippen LogP contribution is -2.47. The van der Waals surface area contributed by atoms with Gasteiger partial charge >= 0.3 is 0 Å². The standard InChI is InChI=1S/C11H19N5O2S/c1-5(2)6(9(13)17)14-10(18)7-8(12)15-11(19-7)16(3)4/h5-6H,12H2,1-4H3,(H2,13,17)(H,14,18). The van der Waals surface area contributed by atoms with Crippen LogP contribution in [0.5, 0.6) is 0 Å². The fourth-order valence-corrected chi connectivity index (χ4v) is 2.26. The van der Waals surface area contributed by atoms with Crippen molar-refractivity contribution in [2.45, 2.75) is 19.9 Å². The van der Waals surface area contributed by atoms with Crippen LogP contribution < -0.4 is 21.7 Å². The molecule has 0 aliphatic rings. The number of carbonyl (C=O) groups is 2. The monoisotopic (exact) mass is 285 g/mol. The van der Waals surface area contributed by atoms with Crippen LogP contribution in [0.1, 0.15) is 23.5 Å². The zero-order chi connectivity index (χ0) is 14.7. The van der Waals surface area contributed by atoms with Crippen LogP contribution in [0, 0.1) is 5.92 Å². The zero-order valence-electron chi connectivity index (χ0n) is 11.4. The van der Waals surface area contributed by atoms with Crippen molar-refractivity contribution < 1.29 is 9.59 Å². The molecule has 5 N–H and O–H groups in total. The molecule has 0 aromatic carbocycles. The topological polar surface area (TPSA) is 114 Å². The Kier molecular flexibility index (Phi) is 4.71. The average molecular weight is 285 g/mol. The van der Waals surface area contributed by atoms with Crippen LogP contribution in [0.25, 0.3) is 0 Å². The molecule has 1 heterocycles. The number of aromatic nitrogens is 1. The molecule has 1 aromatic rings. The number of carbonyl (C=O) groups excluding carboxylic acids is 2. The van der Waals surface area contributed by atoms with Gasteiger partial charge in [-0.3, -0.25) is 9.59 Å². The highest BCUT2D eigenvalue weighted by molar-refractivity contribution is 7.18. The Hall–Kier alpha value is -1.83. The number of amides is 2. The Morgan fingerprint density at radius 1 is 1.37 bits per heavy atom. The molecule has 2 amide bonds. The van der Waals surface area contributed by atoms with Crippen molar-refractivity contribution in [3.05, 3.63) is 4.88 Å². The number of hydrogen-bond acceptors (Lipinski definition) is 6. The largest absolute Gasteiger partial charge is 0.382 e. The molecule has 0 radical (unpaired) electrons. The van der Waals surface area contributed by atoms with Crippen molar-refractivity contribution in [3.8, 4) is 0 Å². The summed E-state index contributed by atoms with van der Waals surface area (Å²) < 4.78 is 0. The minimum absolute atomic E-state index is 0.0936. The first-order valence-corrected chi connectivity index (χ1v) is 6.59. The summed E-state index contributed by atoms with van der Waals surface area (Å²) in [5.74, 6) is -0.943. The van der Waals surface area contributed by atoms with Gasteiger partial charge in [0.2, 0.25) is 5.91 Å². The van der Waals surface area contributed by atoms with Crippen molar-refractivity contribution in [3.63, 3.8) is 0 Å². The third kappa shape index (κ3) is 3.57. The third-order valence-corrected chi connectivity index (χ3v) is 3.73. The Bertz CT molecular complexity index is 483. The van der Waals surface area contributed by atoms with E-state index in [2.05, 4.69) is 10.3 Å². The lowest BCUT2D eigenvalue weighted by Gasteiger charge is -2.18. The summed E-state index contributed by atoms with van der Waals surface area (Å²) in [5, 5.41) is 3.21. The summed E-state index contributed by atoms with van der Waals surface area (Å²) in [7, 11) is 3.61. The van der Waals surface area contributed by atoms with Gasteiger partial charge in [0, 0.05) is 14.1 Å². The molecule has 0 aliphatic heterocycles. The minimum Gasteiger partial charge on any atom is -0.382 e. The predicted octanol–water partition coefficient (Wildman–Crippen LogP) is 0.0310. The zero-order valence-corrected chi connectivity index (χ0v) is 12.2. The molecule has 19 heavy (non-hydrogen) atoms. The van der Waals surface area contributed by atoms with Crippen molar-refractivity contribution in [1.29, 1.82) is 0 Å². The molecule has 1 aromatic heterocycles. The van der Waals surface area contributed by atoms with E-state index in [4.69, 9.17) is 11.5 Å². The molecular formula is C11H19N5O2S. The van der Waals surface area contributed by atoms with Crippen LogP contribution in [-0.2, 0) is 4.79 Å². The number of rotatable bonds is 5. The van der Waals surface area contributed by atoms with E-state index in [9.17, 15) is 9.59 Å². The lowest BCUT2D eigenvalue weighted by molar-refractivity contribution is -0.120. The molecule has 7 nitrogen and oxygen atoms in total. The maximum Gasteiger partial charge on any atom is 0.265 e. The second-order valence-electron chi connectivity index (χ2n) is 4.70. The number of nitrogens with zero attached hydrogens (tertiary/aromatic N) is 2. The number of hydrogen-bond donors (Lipinski definition) is 3. The van der Waals surface area contributed by atoms with Crippen LogP contribution in [0.3, 0.4) is 0 Å². The number of primary amides is 1. The molecule has 0 spiro atoms. The molecular weight excluding hydrogens is 266 g/mol. The van der Waals surface area contributed by atoms with Crippen molar-refractivity contribution in [1.82, 2.24) is 10.3 Å². The van der Waals surface area contributed by atoms with Crippen molar-refractivity contribution >= 4 is 34.1 Å². The van der Waals surface area contributed by atoms with Crippen molar-refractivity contribution in [2.24, 2.45) is 11.7 Å². The second-order valence-corrected chi connectivity index (χ2v) is 5.68. The maximum absolute atomic E-state index is 12.1. The van der Waals surface area contributed by atoms with Gasteiger partial charge in [0.1, 0.15) is 16.7 Å². The number of nitrogens with two attached hydrogens (primary N) is 2. The summed E-state index contributed by atoms with van der Waals surface area (Å²) in [5.41, 5.74) is 11.0. The van der Waals surface area contributed by atoms with Gasteiger partial charge in [-0.1, -0.05) is 25.2 Å². The van der Waals surface area contributed by atoms with Gasteiger partial charge in [0.15, 0.2) is 5.13 Å². The SMILES string of the molecule is CC(C)C(NC(=O)c1sc(N(C)C)nc1N)C(N)=O. The summed E-state index contributed by atoms with van der Waals surface area (Å²) >= 11 is 1.17. The van der Waals surface area contributed by atoms with E-state index < -0.39 is 17.9 Å². The minimum atomic E-state index is -0.725. The fraction of sp³-hybridized carbons (Fsp3) is 0.545. The van der Waals surface area contributed by atoms with Crippen molar-refractivity contribution in [2.75, 3.05) is 24.7 Å². The van der Waals surface area contributed by atoms with E-state index in [1.54, 1.807) is 32.8 Å². The van der Waals surface area contributed by atoms with E-state index in [-0.39, 0.29) is 16.6 Å². The van der Waals surface area contributed by atoms with Crippen LogP contribution in [0.2, 0.25) is 0 Å². The van der Waals surface area contributed by atoms with Gasteiger partial charge < -0.3 is 21.7 Å². The van der Waals surface area contributed by atoms with E-state index in [1.165, 1.54) is 11.3 Å². The van der Waals surface area contributed by atoms with Gasteiger partial charge in [-0.2, -0.15) is 0 Å². The quantitative estimate of drug-likeness (QED) is 0.706. The summed E-state index contributed by atoms with van der Waals surface area (Å²) in [6, 6.07) is -0.725. The maximum atomic E-state index is 12.1. The Morgan fingerprint density at radius 3 is 2.32 bits per heavy atom. The Balaban J connectivity index is 2.91. The third-order valence-electron chi connectivity index (χ3n) is 2.49. The molecule has 106 valence electrons. The Labute approximate surface area is 116 Å². The summed E-state index contributed by atoms with van der Waals surface area (Å²) in [4.78, 5) is 29.5. The van der Waals surface area contributed by atoms with Gasteiger partial charge in [-0.15, -0.1) is 0 Å². The molecule has 0 aliphatic carbocycles. The number of anilines is 2. The molecule has 8 heteroatoms. The molecule has 0 fully saturated rings. The van der Waals surface area contributed by atoms with E-state index in [0.29, 0.717) is 5.13 Å². The molecule has 0 saturated heterocycles. The first kappa shape index (κ1) is 15.2. The normalized spacial score (nSPS) is 12.3. The molecule has 1 atom stereocenters. The fourth-order valence-electron chi connectivity index (χ4n) is 1.45. The first-order valence-electron chi connectivity index (χ1n) is 5.77. The predicted molar refractivity (Wildman–Crippen MR) is 76.1 cm³/mol.